The van der Waals surface area contributed by atoms with E-state index in [4.69, 9.17) is 0 Å². The molecular weight excluding hydrogens is 416 g/mol. The van der Waals surface area contributed by atoms with Gasteiger partial charge >= 0.3 is 0 Å². The molecule has 4 nitrogen and oxygen atoms in total. The summed E-state index contributed by atoms with van der Waals surface area (Å²) in [5.41, 5.74) is 4.73. The number of aryl methyl sites for hydroxylation is 1. The van der Waals surface area contributed by atoms with Gasteiger partial charge in [0.25, 0.3) is 0 Å². The molecule has 0 saturated carbocycles. The van der Waals surface area contributed by atoms with Crippen molar-refractivity contribution < 1.29 is 9.59 Å². The van der Waals surface area contributed by atoms with Crippen LogP contribution in [0.4, 0.5) is 11.4 Å². The second-order valence-corrected chi connectivity index (χ2v) is 8.79. The number of benzene rings is 3. The third-order valence-corrected chi connectivity index (χ3v) is 6.49. The Morgan fingerprint density at radius 1 is 0.938 bits per heavy atom. The SMILES string of the molecule is CCC(Sc1cccc(NC(=O)/C=C/c2ccccc2)c1)C(=O)Nc1cccc(C)c1C. The van der Waals surface area contributed by atoms with Crippen molar-refractivity contribution in [2.45, 2.75) is 37.3 Å². The molecule has 0 aliphatic heterocycles. The van der Waals surface area contributed by atoms with Gasteiger partial charge in [0.1, 0.15) is 0 Å². The van der Waals surface area contributed by atoms with Gasteiger partial charge in [-0.25, -0.2) is 0 Å². The largest absolute Gasteiger partial charge is 0.325 e. The molecule has 1 unspecified atom stereocenters. The summed E-state index contributed by atoms with van der Waals surface area (Å²) in [5, 5.41) is 5.71. The Balaban J connectivity index is 1.63. The maximum atomic E-state index is 12.9. The molecule has 0 radical (unpaired) electrons. The van der Waals surface area contributed by atoms with Gasteiger partial charge in [0.05, 0.1) is 5.25 Å². The molecule has 32 heavy (non-hydrogen) atoms. The van der Waals surface area contributed by atoms with Gasteiger partial charge in [0.2, 0.25) is 11.8 Å². The fraction of sp³-hybridized carbons (Fsp3) is 0.185. The number of anilines is 2. The summed E-state index contributed by atoms with van der Waals surface area (Å²) in [7, 11) is 0. The van der Waals surface area contributed by atoms with E-state index in [1.165, 1.54) is 17.8 Å². The van der Waals surface area contributed by atoms with Crippen molar-refractivity contribution >= 4 is 41.0 Å². The van der Waals surface area contributed by atoms with E-state index in [0.29, 0.717) is 12.1 Å². The van der Waals surface area contributed by atoms with Crippen LogP contribution in [0.15, 0.2) is 83.8 Å². The molecule has 1 atom stereocenters. The second-order valence-electron chi connectivity index (χ2n) is 7.51. The Bertz CT molecular complexity index is 1110. The normalized spacial score (nSPS) is 11.8. The van der Waals surface area contributed by atoms with E-state index < -0.39 is 0 Å². The Morgan fingerprint density at radius 2 is 1.69 bits per heavy atom. The van der Waals surface area contributed by atoms with Crippen molar-refractivity contribution in [2.75, 3.05) is 10.6 Å². The molecule has 0 fully saturated rings. The highest BCUT2D eigenvalue weighted by atomic mass is 32.2. The Labute approximate surface area is 194 Å². The standard InChI is InChI=1S/C27H28N2O2S/c1-4-25(27(31)29-24-15-8-10-19(2)20(24)3)32-23-14-9-13-22(18-23)28-26(30)17-16-21-11-6-5-7-12-21/h5-18,25H,4H2,1-3H3,(H,28,30)(H,29,31)/b17-16+. The van der Waals surface area contributed by atoms with Gasteiger partial charge in [-0.1, -0.05) is 55.5 Å². The number of nitrogens with one attached hydrogen (secondary N) is 2. The lowest BCUT2D eigenvalue weighted by molar-refractivity contribution is -0.115. The van der Waals surface area contributed by atoms with E-state index >= 15 is 0 Å². The molecule has 2 N–H and O–H groups in total. The minimum atomic E-state index is -0.237. The van der Waals surface area contributed by atoms with E-state index in [-0.39, 0.29) is 17.1 Å². The molecule has 0 aliphatic rings. The molecule has 0 saturated heterocycles. The van der Waals surface area contributed by atoms with Gasteiger partial charge in [-0.3, -0.25) is 9.59 Å². The first-order chi connectivity index (χ1) is 15.5. The number of hydrogen-bond acceptors (Lipinski definition) is 3. The zero-order valence-corrected chi connectivity index (χ0v) is 19.4. The predicted molar refractivity (Wildman–Crippen MR) is 135 cm³/mol. The molecule has 0 spiro atoms. The molecule has 0 aromatic heterocycles. The number of hydrogen-bond donors (Lipinski definition) is 2. The molecule has 2 amide bonds. The predicted octanol–water partition coefficient (Wildman–Crippen LogP) is 6.46. The van der Waals surface area contributed by atoms with Crippen molar-refractivity contribution in [3.05, 3.63) is 95.6 Å². The number of thioether (sulfide) groups is 1. The molecule has 0 bridgehead atoms. The van der Waals surface area contributed by atoms with Crippen molar-refractivity contribution in [1.29, 1.82) is 0 Å². The summed E-state index contributed by atoms with van der Waals surface area (Å²) in [5.74, 6) is -0.220. The maximum absolute atomic E-state index is 12.9. The van der Waals surface area contributed by atoms with Crippen molar-refractivity contribution in [3.63, 3.8) is 0 Å². The lowest BCUT2D eigenvalue weighted by Crippen LogP contribution is -2.25. The van der Waals surface area contributed by atoms with Gasteiger partial charge in [-0.2, -0.15) is 0 Å². The van der Waals surface area contributed by atoms with Gasteiger partial charge in [0, 0.05) is 22.3 Å². The van der Waals surface area contributed by atoms with Gasteiger partial charge in [-0.05, 0) is 67.3 Å². The van der Waals surface area contributed by atoms with Crippen molar-refractivity contribution in [1.82, 2.24) is 0 Å². The minimum Gasteiger partial charge on any atom is -0.325 e. The van der Waals surface area contributed by atoms with Crippen molar-refractivity contribution in [3.8, 4) is 0 Å². The molecule has 3 rings (SSSR count). The lowest BCUT2D eigenvalue weighted by atomic mass is 10.1. The summed E-state index contributed by atoms with van der Waals surface area (Å²) < 4.78 is 0. The maximum Gasteiger partial charge on any atom is 0.248 e. The molecule has 164 valence electrons. The number of rotatable bonds is 8. The fourth-order valence-electron chi connectivity index (χ4n) is 3.15. The number of amides is 2. The zero-order valence-electron chi connectivity index (χ0n) is 18.6. The van der Waals surface area contributed by atoms with E-state index in [1.807, 2.05) is 93.6 Å². The van der Waals surface area contributed by atoms with Crippen LogP contribution in [0.3, 0.4) is 0 Å². The first-order valence-corrected chi connectivity index (χ1v) is 11.5. The highest BCUT2D eigenvalue weighted by Crippen LogP contribution is 2.29. The molecule has 0 aliphatic carbocycles. The quantitative estimate of drug-likeness (QED) is 0.309. The topological polar surface area (TPSA) is 58.2 Å². The third kappa shape index (κ3) is 6.59. The van der Waals surface area contributed by atoms with Crippen LogP contribution in [-0.4, -0.2) is 17.1 Å². The molecule has 3 aromatic carbocycles. The fourth-order valence-corrected chi connectivity index (χ4v) is 4.17. The Kier molecular flexibility index (Phi) is 8.28. The van der Waals surface area contributed by atoms with Crippen molar-refractivity contribution in [2.24, 2.45) is 0 Å². The zero-order chi connectivity index (χ0) is 22.9. The van der Waals surface area contributed by atoms with Crippen LogP contribution in [0.5, 0.6) is 0 Å². The van der Waals surface area contributed by atoms with Crippen LogP contribution in [0.1, 0.15) is 30.0 Å². The van der Waals surface area contributed by atoms with Gasteiger partial charge in [0.15, 0.2) is 0 Å². The lowest BCUT2D eigenvalue weighted by Gasteiger charge is -2.17. The number of carbonyl (C=O) groups excluding carboxylic acids is 2. The highest BCUT2D eigenvalue weighted by Gasteiger charge is 2.19. The molecular formula is C27H28N2O2S. The summed E-state index contributed by atoms with van der Waals surface area (Å²) in [6.45, 7) is 6.05. The molecule has 5 heteroatoms. The average Bonchev–Trinajstić information content (AvgIpc) is 2.80. The first kappa shape index (κ1) is 23.4. The van der Waals surface area contributed by atoms with Crippen LogP contribution < -0.4 is 10.6 Å². The Morgan fingerprint density at radius 3 is 2.44 bits per heavy atom. The summed E-state index contributed by atoms with van der Waals surface area (Å²) >= 11 is 1.50. The van der Waals surface area contributed by atoms with Gasteiger partial charge in [-0.15, -0.1) is 11.8 Å². The first-order valence-electron chi connectivity index (χ1n) is 10.6. The van der Waals surface area contributed by atoms with Crippen LogP contribution in [0.2, 0.25) is 0 Å². The van der Waals surface area contributed by atoms with Crippen LogP contribution >= 0.6 is 11.8 Å². The highest BCUT2D eigenvalue weighted by molar-refractivity contribution is 8.00. The van der Waals surface area contributed by atoms with Crippen LogP contribution in [0.25, 0.3) is 6.08 Å². The summed E-state index contributed by atoms with van der Waals surface area (Å²) in [4.78, 5) is 26.1. The second kappa shape index (κ2) is 11.3. The van der Waals surface area contributed by atoms with E-state index in [0.717, 1.165) is 27.3 Å². The summed E-state index contributed by atoms with van der Waals surface area (Å²) in [6.07, 6.45) is 3.98. The van der Waals surface area contributed by atoms with E-state index in [2.05, 4.69) is 10.6 Å². The third-order valence-electron chi connectivity index (χ3n) is 5.13. The Hall–Kier alpha value is -3.31. The van der Waals surface area contributed by atoms with Crippen LogP contribution in [-0.2, 0) is 9.59 Å². The number of carbonyl (C=O) groups is 2. The van der Waals surface area contributed by atoms with Crippen LogP contribution in [0, 0.1) is 13.8 Å². The average molecular weight is 445 g/mol. The van der Waals surface area contributed by atoms with E-state index in [9.17, 15) is 9.59 Å². The monoisotopic (exact) mass is 444 g/mol. The summed E-state index contributed by atoms with van der Waals surface area (Å²) in [6, 6.07) is 23.2. The molecule has 3 aromatic rings. The van der Waals surface area contributed by atoms with Gasteiger partial charge < -0.3 is 10.6 Å². The minimum absolute atomic E-state index is 0.0218. The smallest absolute Gasteiger partial charge is 0.248 e. The van der Waals surface area contributed by atoms with E-state index in [1.54, 1.807) is 6.08 Å². The molecule has 0 heterocycles.